The van der Waals surface area contributed by atoms with Gasteiger partial charge in [0.05, 0.1) is 12.6 Å². The molecule has 0 aliphatic carbocycles. The maximum absolute atomic E-state index is 11.8. The van der Waals surface area contributed by atoms with Crippen LogP contribution in [0.3, 0.4) is 0 Å². The van der Waals surface area contributed by atoms with E-state index in [1.165, 1.54) is 0 Å². The molecule has 1 heterocycles. The van der Waals surface area contributed by atoms with Gasteiger partial charge in [-0.25, -0.2) is 0 Å². The Kier molecular flexibility index (Phi) is 5.76. The lowest BCUT2D eigenvalue weighted by Crippen LogP contribution is -2.39. The van der Waals surface area contributed by atoms with E-state index in [1.807, 2.05) is 43.3 Å². The lowest BCUT2D eigenvalue weighted by Gasteiger charge is -2.33. The van der Waals surface area contributed by atoms with E-state index < -0.39 is 12.0 Å². The van der Waals surface area contributed by atoms with Gasteiger partial charge in [0.2, 0.25) is 0 Å². The van der Waals surface area contributed by atoms with Gasteiger partial charge in [-0.2, -0.15) is 0 Å². The molecule has 2 aromatic carbocycles. The number of likely N-dealkylation sites (tertiary alicyclic amines) is 1. The van der Waals surface area contributed by atoms with E-state index in [2.05, 4.69) is 33.0 Å². The van der Waals surface area contributed by atoms with Crippen LogP contribution in [0.5, 0.6) is 5.75 Å². The highest BCUT2D eigenvalue weighted by atomic mass is 79.9. The first kappa shape index (κ1) is 18.0. The standard InChI is InChI=1S/C20H22BrNO3/c1-2-25-18-8-4-3-6-16(18)19(14-9-11-15(21)12-10-14)22-13-5-7-17(22)20(23)24/h3-4,6,8-12,17,19H,2,5,7,13H2,1H3,(H,23,24). The topological polar surface area (TPSA) is 49.8 Å². The van der Waals surface area contributed by atoms with E-state index in [-0.39, 0.29) is 6.04 Å². The average Bonchev–Trinajstić information content (AvgIpc) is 3.08. The summed E-state index contributed by atoms with van der Waals surface area (Å²) in [7, 11) is 0. The molecule has 0 radical (unpaired) electrons. The van der Waals surface area contributed by atoms with Crippen molar-refractivity contribution in [2.75, 3.05) is 13.2 Å². The Labute approximate surface area is 156 Å². The first-order valence-corrected chi connectivity index (χ1v) is 9.37. The molecule has 0 amide bonds. The van der Waals surface area contributed by atoms with Gasteiger partial charge in [0.15, 0.2) is 0 Å². The van der Waals surface area contributed by atoms with E-state index in [1.54, 1.807) is 0 Å². The molecular formula is C20H22BrNO3. The van der Waals surface area contributed by atoms with Gasteiger partial charge in [0.25, 0.3) is 0 Å². The summed E-state index contributed by atoms with van der Waals surface area (Å²) in [5, 5.41) is 9.66. The lowest BCUT2D eigenvalue weighted by atomic mass is 9.95. The monoisotopic (exact) mass is 403 g/mol. The van der Waals surface area contributed by atoms with Crippen molar-refractivity contribution in [2.24, 2.45) is 0 Å². The van der Waals surface area contributed by atoms with Crippen LogP contribution in [0.25, 0.3) is 0 Å². The van der Waals surface area contributed by atoms with E-state index in [0.29, 0.717) is 13.0 Å². The van der Waals surface area contributed by atoms with Crippen molar-refractivity contribution in [2.45, 2.75) is 31.8 Å². The molecule has 4 nitrogen and oxygen atoms in total. The third-order valence-electron chi connectivity index (χ3n) is 4.61. The van der Waals surface area contributed by atoms with Crippen LogP contribution in [-0.4, -0.2) is 35.2 Å². The summed E-state index contributed by atoms with van der Waals surface area (Å²) in [6.45, 7) is 3.30. The molecular weight excluding hydrogens is 382 g/mol. The first-order chi connectivity index (χ1) is 12.1. The number of hydrogen-bond acceptors (Lipinski definition) is 3. The predicted molar refractivity (Wildman–Crippen MR) is 101 cm³/mol. The number of halogens is 1. The predicted octanol–water partition coefficient (Wildman–Crippen LogP) is 4.49. The van der Waals surface area contributed by atoms with Crippen molar-refractivity contribution >= 4 is 21.9 Å². The Morgan fingerprint density at radius 3 is 2.68 bits per heavy atom. The summed E-state index contributed by atoms with van der Waals surface area (Å²) < 4.78 is 6.84. The van der Waals surface area contributed by atoms with Gasteiger partial charge in [-0.05, 0) is 43.5 Å². The van der Waals surface area contributed by atoms with Gasteiger partial charge in [-0.1, -0.05) is 46.3 Å². The molecule has 3 rings (SSSR count). The summed E-state index contributed by atoms with van der Waals surface area (Å²) in [4.78, 5) is 13.9. The highest BCUT2D eigenvalue weighted by molar-refractivity contribution is 9.10. The fourth-order valence-corrected chi connectivity index (χ4v) is 3.82. The van der Waals surface area contributed by atoms with Gasteiger partial charge in [0, 0.05) is 16.6 Å². The van der Waals surface area contributed by atoms with Gasteiger partial charge in [-0.15, -0.1) is 0 Å². The number of benzene rings is 2. The van der Waals surface area contributed by atoms with Crippen molar-refractivity contribution in [3.8, 4) is 5.75 Å². The van der Waals surface area contributed by atoms with E-state index >= 15 is 0 Å². The molecule has 0 spiro atoms. The molecule has 0 bridgehead atoms. The molecule has 2 aromatic rings. The van der Waals surface area contributed by atoms with Crippen LogP contribution in [-0.2, 0) is 4.79 Å². The summed E-state index contributed by atoms with van der Waals surface area (Å²) in [6, 6.07) is 15.4. The van der Waals surface area contributed by atoms with Gasteiger partial charge < -0.3 is 9.84 Å². The number of carboxylic acids is 1. The van der Waals surface area contributed by atoms with E-state index in [4.69, 9.17) is 4.74 Å². The van der Waals surface area contributed by atoms with Crippen LogP contribution < -0.4 is 4.74 Å². The molecule has 5 heteroatoms. The number of aliphatic carboxylic acids is 1. The van der Waals surface area contributed by atoms with Crippen LogP contribution in [0.1, 0.15) is 36.9 Å². The summed E-state index contributed by atoms with van der Waals surface area (Å²) >= 11 is 3.48. The third kappa shape index (κ3) is 3.88. The fraction of sp³-hybridized carbons (Fsp3) is 0.350. The number of hydrogen-bond donors (Lipinski definition) is 1. The summed E-state index contributed by atoms with van der Waals surface area (Å²) in [6.07, 6.45) is 1.57. The van der Waals surface area contributed by atoms with Gasteiger partial charge >= 0.3 is 5.97 Å². The van der Waals surface area contributed by atoms with Crippen LogP contribution in [0.2, 0.25) is 0 Å². The number of rotatable bonds is 6. The van der Waals surface area contributed by atoms with Crippen molar-refractivity contribution in [1.29, 1.82) is 0 Å². The third-order valence-corrected chi connectivity index (χ3v) is 5.14. The minimum absolute atomic E-state index is 0.139. The molecule has 1 saturated heterocycles. The largest absolute Gasteiger partial charge is 0.494 e. The second-order valence-corrected chi connectivity index (χ2v) is 7.07. The molecule has 0 saturated carbocycles. The zero-order chi connectivity index (χ0) is 17.8. The van der Waals surface area contributed by atoms with Crippen LogP contribution in [0.15, 0.2) is 53.0 Å². The molecule has 0 aromatic heterocycles. The molecule has 1 aliphatic heterocycles. The highest BCUT2D eigenvalue weighted by Gasteiger charge is 2.37. The summed E-state index contributed by atoms with van der Waals surface area (Å²) in [5.41, 5.74) is 2.09. The lowest BCUT2D eigenvalue weighted by molar-refractivity contribution is -0.142. The number of para-hydroxylation sites is 1. The Hall–Kier alpha value is -1.85. The van der Waals surface area contributed by atoms with Crippen molar-refractivity contribution in [1.82, 2.24) is 4.90 Å². The Morgan fingerprint density at radius 2 is 2.00 bits per heavy atom. The molecule has 2 unspecified atom stereocenters. The fourth-order valence-electron chi connectivity index (χ4n) is 3.55. The number of ether oxygens (including phenoxy) is 1. The molecule has 25 heavy (non-hydrogen) atoms. The van der Waals surface area contributed by atoms with Crippen LogP contribution >= 0.6 is 15.9 Å². The maximum atomic E-state index is 11.8. The molecule has 1 N–H and O–H groups in total. The van der Waals surface area contributed by atoms with Gasteiger partial charge in [-0.3, -0.25) is 9.69 Å². The first-order valence-electron chi connectivity index (χ1n) is 8.57. The summed E-state index contributed by atoms with van der Waals surface area (Å²) in [5.74, 6) is 0.0578. The Bertz CT molecular complexity index is 732. The SMILES string of the molecule is CCOc1ccccc1C(c1ccc(Br)cc1)N1CCCC1C(=O)O. The molecule has 132 valence electrons. The number of carbonyl (C=O) groups is 1. The second kappa shape index (κ2) is 8.02. The number of carboxylic acid groups (broad SMARTS) is 1. The highest BCUT2D eigenvalue weighted by Crippen LogP contribution is 2.39. The van der Waals surface area contributed by atoms with Gasteiger partial charge in [0.1, 0.15) is 11.8 Å². The maximum Gasteiger partial charge on any atom is 0.320 e. The molecule has 1 aliphatic rings. The Morgan fingerprint density at radius 1 is 1.28 bits per heavy atom. The smallest absolute Gasteiger partial charge is 0.320 e. The average molecular weight is 404 g/mol. The van der Waals surface area contributed by atoms with Crippen molar-refractivity contribution < 1.29 is 14.6 Å². The van der Waals surface area contributed by atoms with E-state index in [9.17, 15) is 9.90 Å². The number of nitrogens with zero attached hydrogens (tertiary/aromatic N) is 1. The van der Waals surface area contributed by atoms with Crippen molar-refractivity contribution in [3.05, 3.63) is 64.1 Å². The van der Waals surface area contributed by atoms with Crippen molar-refractivity contribution in [3.63, 3.8) is 0 Å². The Balaban J connectivity index is 2.09. The van der Waals surface area contributed by atoms with Crippen LogP contribution in [0, 0.1) is 0 Å². The quantitative estimate of drug-likeness (QED) is 0.771. The van der Waals surface area contributed by atoms with E-state index in [0.717, 1.165) is 34.3 Å². The second-order valence-electron chi connectivity index (χ2n) is 6.16. The van der Waals surface area contributed by atoms with Crippen LogP contribution in [0.4, 0.5) is 0 Å². The normalized spacial score (nSPS) is 18.9. The minimum Gasteiger partial charge on any atom is -0.494 e. The molecule has 1 fully saturated rings. The zero-order valence-corrected chi connectivity index (χ0v) is 15.8. The minimum atomic E-state index is -0.756. The molecule has 2 atom stereocenters. The zero-order valence-electron chi connectivity index (χ0n) is 14.2.